The average Bonchev–Trinajstić information content (AvgIpc) is 2.43. The second-order valence-electron chi connectivity index (χ2n) is 3.76. The Bertz CT molecular complexity index is 275. The molecule has 1 aromatic heterocycles. The largest absolute Gasteiger partial charge is 0.337 e. The van der Waals surface area contributed by atoms with E-state index in [2.05, 4.69) is 10.3 Å². The Morgan fingerprint density at radius 2 is 2.46 bits per heavy atom. The molecule has 1 aromatic rings. The van der Waals surface area contributed by atoms with Gasteiger partial charge in [-0.2, -0.15) is 0 Å². The molecule has 4 heteroatoms. The van der Waals surface area contributed by atoms with E-state index in [0.29, 0.717) is 12.1 Å². The highest BCUT2D eigenvalue weighted by Gasteiger charge is 2.25. The van der Waals surface area contributed by atoms with Crippen LogP contribution in [0.2, 0.25) is 0 Å². The summed E-state index contributed by atoms with van der Waals surface area (Å²) in [6.07, 6.45) is 5.99. The van der Waals surface area contributed by atoms with Crippen LogP contribution in [-0.4, -0.2) is 21.6 Å². The van der Waals surface area contributed by atoms with Gasteiger partial charge in [0.2, 0.25) is 0 Å². The normalized spacial score (nSPS) is 27.2. The van der Waals surface area contributed by atoms with Crippen LogP contribution in [0.4, 0.5) is 0 Å². The van der Waals surface area contributed by atoms with Gasteiger partial charge in [-0.3, -0.25) is 0 Å². The fourth-order valence-electron chi connectivity index (χ4n) is 1.63. The Kier molecular flexibility index (Phi) is 2.33. The quantitative estimate of drug-likeness (QED) is 0.688. The van der Waals surface area contributed by atoms with E-state index in [4.69, 9.17) is 5.73 Å². The first-order valence-electron chi connectivity index (χ1n) is 4.71. The van der Waals surface area contributed by atoms with Gasteiger partial charge in [0.15, 0.2) is 0 Å². The summed E-state index contributed by atoms with van der Waals surface area (Å²) in [6, 6.07) is 1.02. The summed E-state index contributed by atoms with van der Waals surface area (Å²) in [5, 5.41) is 3.43. The number of imidazole rings is 1. The van der Waals surface area contributed by atoms with Crippen LogP contribution < -0.4 is 11.1 Å². The van der Waals surface area contributed by atoms with Crippen molar-refractivity contribution < 1.29 is 0 Å². The number of nitrogens with zero attached hydrogens (tertiary/aromatic N) is 2. The molecule has 2 rings (SSSR count). The van der Waals surface area contributed by atoms with Crippen molar-refractivity contribution in [2.45, 2.75) is 31.5 Å². The van der Waals surface area contributed by atoms with Gasteiger partial charge in [-0.25, -0.2) is 4.98 Å². The zero-order chi connectivity index (χ0) is 9.26. The van der Waals surface area contributed by atoms with Gasteiger partial charge in [-0.15, -0.1) is 0 Å². The van der Waals surface area contributed by atoms with Crippen molar-refractivity contribution in [3.8, 4) is 0 Å². The van der Waals surface area contributed by atoms with Crippen molar-refractivity contribution in [3.05, 3.63) is 18.2 Å². The molecule has 13 heavy (non-hydrogen) atoms. The lowest BCUT2D eigenvalue weighted by Gasteiger charge is -2.33. The first-order valence-corrected chi connectivity index (χ1v) is 4.71. The molecule has 1 heterocycles. The van der Waals surface area contributed by atoms with E-state index in [1.807, 2.05) is 24.0 Å². The molecule has 0 saturated heterocycles. The van der Waals surface area contributed by atoms with Gasteiger partial charge in [0, 0.05) is 31.5 Å². The maximum absolute atomic E-state index is 5.69. The summed E-state index contributed by atoms with van der Waals surface area (Å²) in [5.41, 5.74) is 5.69. The molecule has 0 aromatic carbocycles. The predicted octanol–water partition coefficient (Wildman–Crippen LogP) is -0.000600. The zero-order valence-corrected chi connectivity index (χ0v) is 7.90. The molecule has 0 spiro atoms. The van der Waals surface area contributed by atoms with Crippen LogP contribution in [0.1, 0.15) is 18.7 Å². The van der Waals surface area contributed by atoms with Crippen molar-refractivity contribution >= 4 is 0 Å². The van der Waals surface area contributed by atoms with E-state index in [-0.39, 0.29) is 0 Å². The number of nitrogens with two attached hydrogens (primary N) is 1. The number of aryl methyl sites for hydroxylation is 1. The van der Waals surface area contributed by atoms with Crippen molar-refractivity contribution in [2.75, 3.05) is 0 Å². The monoisotopic (exact) mass is 180 g/mol. The van der Waals surface area contributed by atoms with Crippen LogP contribution in [0, 0.1) is 0 Å². The summed E-state index contributed by atoms with van der Waals surface area (Å²) in [6.45, 7) is 0.848. The summed E-state index contributed by atoms with van der Waals surface area (Å²) in [7, 11) is 2.01. The van der Waals surface area contributed by atoms with Gasteiger partial charge >= 0.3 is 0 Å². The summed E-state index contributed by atoms with van der Waals surface area (Å²) in [4.78, 5) is 4.23. The fourth-order valence-corrected chi connectivity index (χ4v) is 1.63. The predicted molar refractivity (Wildman–Crippen MR) is 51.0 cm³/mol. The van der Waals surface area contributed by atoms with E-state index in [1.165, 1.54) is 0 Å². The molecule has 72 valence electrons. The van der Waals surface area contributed by atoms with E-state index in [0.717, 1.165) is 25.2 Å². The third-order valence-corrected chi connectivity index (χ3v) is 2.64. The van der Waals surface area contributed by atoms with E-state index in [9.17, 15) is 0 Å². The molecule has 1 aliphatic rings. The maximum Gasteiger partial charge on any atom is 0.122 e. The van der Waals surface area contributed by atoms with Crippen LogP contribution in [-0.2, 0) is 13.6 Å². The van der Waals surface area contributed by atoms with Crippen LogP contribution in [0.3, 0.4) is 0 Å². The van der Waals surface area contributed by atoms with Crippen molar-refractivity contribution in [2.24, 2.45) is 12.8 Å². The van der Waals surface area contributed by atoms with Gasteiger partial charge in [0.1, 0.15) is 5.82 Å². The SMILES string of the molecule is Cn1ccnc1CNC1CC(N)C1. The molecule has 1 saturated carbocycles. The average molecular weight is 180 g/mol. The Morgan fingerprint density at radius 1 is 1.69 bits per heavy atom. The van der Waals surface area contributed by atoms with Gasteiger partial charge in [-0.1, -0.05) is 0 Å². The Labute approximate surface area is 78.1 Å². The molecule has 3 N–H and O–H groups in total. The topological polar surface area (TPSA) is 55.9 Å². The van der Waals surface area contributed by atoms with Crippen LogP contribution in [0.15, 0.2) is 12.4 Å². The highest BCUT2D eigenvalue weighted by molar-refractivity contribution is 4.93. The highest BCUT2D eigenvalue weighted by Crippen LogP contribution is 2.17. The van der Waals surface area contributed by atoms with E-state index < -0.39 is 0 Å². The lowest BCUT2D eigenvalue weighted by molar-refractivity contribution is 0.288. The maximum atomic E-state index is 5.69. The number of hydrogen-bond acceptors (Lipinski definition) is 3. The van der Waals surface area contributed by atoms with Gasteiger partial charge in [-0.05, 0) is 12.8 Å². The highest BCUT2D eigenvalue weighted by atomic mass is 15.1. The first kappa shape index (κ1) is 8.72. The summed E-state index contributed by atoms with van der Waals surface area (Å²) >= 11 is 0. The molecule has 0 aliphatic heterocycles. The Morgan fingerprint density at radius 3 is 3.00 bits per heavy atom. The van der Waals surface area contributed by atoms with E-state index in [1.54, 1.807) is 0 Å². The second kappa shape index (κ2) is 3.47. The zero-order valence-electron chi connectivity index (χ0n) is 7.90. The summed E-state index contributed by atoms with van der Waals surface area (Å²) < 4.78 is 2.03. The molecular formula is C9H16N4. The fraction of sp³-hybridized carbons (Fsp3) is 0.667. The van der Waals surface area contributed by atoms with Gasteiger partial charge in [0.25, 0.3) is 0 Å². The van der Waals surface area contributed by atoms with Crippen molar-refractivity contribution in [1.29, 1.82) is 0 Å². The number of rotatable bonds is 3. The molecular weight excluding hydrogens is 164 g/mol. The minimum absolute atomic E-state index is 0.416. The third kappa shape index (κ3) is 1.89. The molecule has 1 fully saturated rings. The van der Waals surface area contributed by atoms with E-state index >= 15 is 0 Å². The molecule has 0 radical (unpaired) electrons. The second-order valence-corrected chi connectivity index (χ2v) is 3.76. The molecule has 1 aliphatic carbocycles. The number of nitrogens with one attached hydrogen (secondary N) is 1. The molecule has 4 nitrogen and oxygen atoms in total. The minimum atomic E-state index is 0.416. The minimum Gasteiger partial charge on any atom is -0.337 e. The lowest BCUT2D eigenvalue weighted by Crippen LogP contribution is -2.48. The number of hydrogen-bond donors (Lipinski definition) is 2. The lowest BCUT2D eigenvalue weighted by atomic mass is 9.88. The molecule has 0 amide bonds. The molecule has 0 bridgehead atoms. The van der Waals surface area contributed by atoms with Crippen LogP contribution in [0.25, 0.3) is 0 Å². The van der Waals surface area contributed by atoms with Crippen LogP contribution in [0.5, 0.6) is 0 Å². The smallest absolute Gasteiger partial charge is 0.122 e. The number of aromatic nitrogens is 2. The standard InChI is InChI=1S/C9H16N4/c1-13-3-2-11-9(13)6-12-8-4-7(10)5-8/h2-3,7-8,12H,4-6,10H2,1H3. The van der Waals surface area contributed by atoms with Crippen molar-refractivity contribution in [1.82, 2.24) is 14.9 Å². The van der Waals surface area contributed by atoms with Crippen LogP contribution >= 0.6 is 0 Å². The van der Waals surface area contributed by atoms with Gasteiger partial charge < -0.3 is 15.6 Å². The molecule has 0 atom stereocenters. The Hall–Kier alpha value is -0.870. The Balaban J connectivity index is 1.77. The first-order chi connectivity index (χ1) is 6.25. The third-order valence-electron chi connectivity index (χ3n) is 2.64. The molecule has 0 unspecified atom stereocenters. The van der Waals surface area contributed by atoms with Crippen molar-refractivity contribution in [3.63, 3.8) is 0 Å². The summed E-state index contributed by atoms with van der Waals surface area (Å²) in [5.74, 6) is 1.08. The van der Waals surface area contributed by atoms with Gasteiger partial charge in [0.05, 0.1) is 6.54 Å².